The summed E-state index contributed by atoms with van der Waals surface area (Å²) in [5.41, 5.74) is 8.61. The Morgan fingerprint density at radius 1 is 0.929 bits per heavy atom. The van der Waals surface area contributed by atoms with E-state index >= 15 is 0 Å². The Balaban J connectivity index is 1.49. The lowest BCUT2D eigenvalue weighted by molar-refractivity contribution is 0.647. The summed E-state index contributed by atoms with van der Waals surface area (Å²) < 4.78 is 0. The van der Waals surface area contributed by atoms with Crippen LogP contribution in [0.2, 0.25) is 10.2 Å². The molecule has 3 N–H and O–H groups in total. The van der Waals surface area contributed by atoms with Gasteiger partial charge in [-0.25, -0.2) is 15.0 Å². The summed E-state index contributed by atoms with van der Waals surface area (Å²) in [4.78, 5) is 17.2. The van der Waals surface area contributed by atoms with Gasteiger partial charge < -0.3 is 20.9 Å². The average Bonchev–Trinajstić information content (AvgIpc) is 2.71. The lowest BCUT2D eigenvalue weighted by Crippen LogP contribution is -2.47. The average molecular weight is 416 g/mol. The molecule has 4 rings (SSSR count). The highest BCUT2D eigenvalue weighted by molar-refractivity contribution is 6.32. The van der Waals surface area contributed by atoms with E-state index in [0.29, 0.717) is 28.2 Å². The van der Waals surface area contributed by atoms with Crippen molar-refractivity contribution in [1.29, 1.82) is 0 Å². The van der Waals surface area contributed by atoms with E-state index in [1.165, 1.54) is 6.33 Å². The van der Waals surface area contributed by atoms with Gasteiger partial charge in [0.15, 0.2) is 16.8 Å². The Labute approximate surface area is 173 Å². The lowest BCUT2D eigenvalue weighted by Gasteiger charge is -2.37. The van der Waals surface area contributed by atoms with Crippen molar-refractivity contribution in [3.63, 3.8) is 0 Å². The molecular formula is C19H19Cl2N7. The van der Waals surface area contributed by atoms with Crippen molar-refractivity contribution in [2.45, 2.75) is 0 Å². The number of hydrogen-bond acceptors (Lipinski definition) is 7. The molecule has 0 radical (unpaired) electrons. The van der Waals surface area contributed by atoms with Crippen LogP contribution in [0.1, 0.15) is 0 Å². The zero-order valence-electron chi connectivity index (χ0n) is 15.0. The molecule has 0 spiro atoms. The van der Waals surface area contributed by atoms with Crippen molar-refractivity contribution < 1.29 is 0 Å². The molecule has 9 heteroatoms. The molecule has 1 fully saturated rings. The van der Waals surface area contributed by atoms with Crippen molar-refractivity contribution in [3.8, 4) is 0 Å². The molecule has 3 aromatic rings. The Morgan fingerprint density at radius 3 is 2.46 bits per heavy atom. The first-order valence-electron chi connectivity index (χ1n) is 8.85. The summed E-state index contributed by atoms with van der Waals surface area (Å²) in [5.74, 6) is 1.22. The molecule has 144 valence electrons. The molecule has 0 unspecified atom stereocenters. The van der Waals surface area contributed by atoms with Gasteiger partial charge in [0.05, 0.1) is 5.69 Å². The molecule has 28 heavy (non-hydrogen) atoms. The van der Waals surface area contributed by atoms with E-state index in [4.69, 9.17) is 28.9 Å². The van der Waals surface area contributed by atoms with Crippen LogP contribution >= 0.6 is 23.2 Å². The normalized spacial score (nSPS) is 14.2. The second-order valence-electron chi connectivity index (χ2n) is 6.38. The van der Waals surface area contributed by atoms with E-state index in [9.17, 15) is 0 Å². The van der Waals surface area contributed by atoms with Gasteiger partial charge in [-0.15, -0.1) is 0 Å². The van der Waals surface area contributed by atoms with Crippen LogP contribution in [-0.2, 0) is 0 Å². The topological polar surface area (TPSA) is 83.2 Å². The molecule has 0 saturated carbocycles. The second-order valence-corrected chi connectivity index (χ2v) is 7.17. The van der Waals surface area contributed by atoms with Gasteiger partial charge in [0.1, 0.15) is 12.0 Å². The van der Waals surface area contributed by atoms with E-state index in [0.717, 1.165) is 36.9 Å². The van der Waals surface area contributed by atoms with E-state index in [1.54, 1.807) is 12.3 Å². The zero-order chi connectivity index (χ0) is 19.5. The van der Waals surface area contributed by atoms with Gasteiger partial charge in [0, 0.05) is 43.1 Å². The van der Waals surface area contributed by atoms with Crippen molar-refractivity contribution in [2.75, 3.05) is 47.0 Å². The first kappa shape index (κ1) is 18.6. The second kappa shape index (κ2) is 8.08. The van der Waals surface area contributed by atoms with Gasteiger partial charge in [0.25, 0.3) is 0 Å². The molecule has 1 aliphatic heterocycles. The number of nitrogens with one attached hydrogen (secondary N) is 1. The largest absolute Gasteiger partial charge is 0.393 e. The van der Waals surface area contributed by atoms with Crippen LogP contribution in [0.4, 0.5) is 28.7 Å². The number of piperazine rings is 1. The Kier molecular flexibility index (Phi) is 5.36. The standard InChI is InChI=1S/C19H19Cl2N7/c20-13-3-1-4-14(11-13)27-7-9-28(10-8-27)19-16(22)18(24-12-25-19)26-15-5-2-6-23-17(15)21/h1-6,11-12H,7-10,22H2,(H,24,25,26). The number of aromatic nitrogens is 3. The summed E-state index contributed by atoms with van der Waals surface area (Å²) >= 11 is 12.2. The SMILES string of the molecule is Nc1c(Nc2cccnc2Cl)ncnc1N1CCN(c2cccc(Cl)c2)CC1. The maximum atomic E-state index is 6.35. The number of benzene rings is 1. The van der Waals surface area contributed by atoms with Crippen LogP contribution in [-0.4, -0.2) is 41.1 Å². The zero-order valence-corrected chi connectivity index (χ0v) is 16.5. The van der Waals surface area contributed by atoms with E-state index in [2.05, 4.69) is 36.1 Å². The maximum Gasteiger partial charge on any atom is 0.159 e. The van der Waals surface area contributed by atoms with Gasteiger partial charge in [-0.05, 0) is 30.3 Å². The predicted octanol–water partition coefficient (Wildman–Crippen LogP) is 3.83. The van der Waals surface area contributed by atoms with E-state index in [1.807, 2.05) is 24.3 Å². The monoisotopic (exact) mass is 415 g/mol. The molecule has 7 nitrogen and oxygen atoms in total. The highest BCUT2D eigenvalue weighted by atomic mass is 35.5. The van der Waals surface area contributed by atoms with Gasteiger partial charge in [-0.3, -0.25) is 0 Å². The first-order valence-corrected chi connectivity index (χ1v) is 9.61. The van der Waals surface area contributed by atoms with Crippen molar-refractivity contribution in [2.24, 2.45) is 0 Å². The van der Waals surface area contributed by atoms with Gasteiger partial charge in [0.2, 0.25) is 0 Å². The maximum absolute atomic E-state index is 6.35. The van der Waals surface area contributed by atoms with Crippen LogP contribution in [0.15, 0.2) is 48.9 Å². The lowest BCUT2D eigenvalue weighted by atomic mass is 10.2. The summed E-state index contributed by atoms with van der Waals surface area (Å²) in [7, 11) is 0. The molecule has 0 bridgehead atoms. The van der Waals surface area contributed by atoms with Crippen molar-refractivity contribution >= 4 is 51.9 Å². The third kappa shape index (κ3) is 3.90. The number of nitrogens with zero attached hydrogens (tertiary/aromatic N) is 5. The fraction of sp³-hybridized carbons (Fsp3) is 0.211. The molecule has 0 amide bonds. The van der Waals surface area contributed by atoms with Crippen molar-refractivity contribution in [1.82, 2.24) is 15.0 Å². The van der Waals surface area contributed by atoms with Crippen LogP contribution in [0.25, 0.3) is 0 Å². The number of anilines is 5. The van der Waals surface area contributed by atoms with E-state index in [-0.39, 0.29) is 0 Å². The quantitative estimate of drug-likeness (QED) is 0.626. The summed E-state index contributed by atoms with van der Waals surface area (Å²) in [6, 6.07) is 11.5. The van der Waals surface area contributed by atoms with Crippen LogP contribution < -0.4 is 20.9 Å². The van der Waals surface area contributed by atoms with Crippen molar-refractivity contribution in [3.05, 3.63) is 59.1 Å². The minimum Gasteiger partial charge on any atom is -0.393 e. The van der Waals surface area contributed by atoms with E-state index < -0.39 is 0 Å². The summed E-state index contributed by atoms with van der Waals surface area (Å²) in [5, 5.41) is 4.24. The Morgan fingerprint density at radius 2 is 1.71 bits per heavy atom. The van der Waals surface area contributed by atoms with Gasteiger partial charge >= 0.3 is 0 Å². The third-order valence-electron chi connectivity index (χ3n) is 4.63. The van der Waals surface area contributed by atoms with Crippen LogP contribution in [0.3, 0.4) is 0 Å². The molecule has 0 aliphatic carbocycles. The number of pyridine rings is 1. The van der Waals surface area contributed by atoms with Gasteiger partial charge in [-0.1, -0.05) is 29.3 Å². The van der Waals surface area contributed by atoms with Crippen LogP contribution in [0, 0.1) is 0 Å². The minimum atomic E-state index is 0.359. The number of hydrogen-bond donors (Lipinski definition) is 2. The molecule has 3 heterocycles. The number of nitrogens with two attached hydrogens (primary N) is 1. The molecular weight excluding hydrogens is 397 g/mol. The molecule has 1 aliphatic rings. The molecule has 0 atom stereocenters. The number of halogens is 2. The minimum absolute atomic E-state index is 0.359. The predicted molar refractivity (Wildman–Crippen MR) is 115 cm³/mol. The first-order chi connectivity index (χ1) is 13.6. The smallest absolute Gasteiger partial charge is 0.159 e. The Hall–Kier alpha value is -2.77. The highest BCUT2D eigenvalue weighted by Gasteiger charge is 2.22. The highest BCUT2D eigenvalue weighted by Crippen LogP contribution is 2.31. The summed E-state index contributed by atoms with van der Waals surface area (Å²) in [6.07, 6.45) is 3.13. The number of nitrogen functional groups attached to an aromatic ring is 1. The molecule has 2 aromatic heterocycles. The number of rotatable bonds is 4. The summed E-state index contributed by atoms with van der Waals surface area (Å²) in [6.45, 7) is 3.28. The fourth-order valence-corrected chi connectivity index (χ4v) is 3.55. The van der Waals surface area contributed by atoms with Crippen LogP contribution in [0.5, 0.6) is 0 Å². The fourth-order valence-electron chi connectivity index (χ4n) is 3.19. The van der Waals surface area contributed by atoms with Gasteiger partial charge in [-0.2, -0.15) is 0 Å². The molecule has 1 aromatic carbocycles. The Bertz CT molecular complexity index is 974. The third-order valence-corrected chi connectivity index (χ3v) is 5.16. The molecule has 1 saturated heterocycles.